The summed E-state index contributed by atoms with van der Waals surface area (Å²) in [5.41, 5.74) is 1.34. The zero-order valence-corrected chi connectivity index (χ0v) is 13.7. The molecule has 0 aliphatic rings. The van der Waals surface area contributed by atoms with E-state index in [-0.39, 0.29) is 6.61 Å². The molecule has 0 saturated heterocycles. The molecule has 1 N–H and O–H groups in total. The number of aliphatic carboxylic acids is 1. The molecule has 1 heterocycles. The second-order valence-electron chi connectivity index (χ2n) is 4.19. The molecule has 2 rings (SSSR count). The van der Waals surface area contributed by atoms with Crippen molar-refractivity contribution in [2.45, 2.75) is 6.92 Å². The van der Waals surface area contributed by atoms with Gasteiger partial charge in [-0.1, -0.05) is 22.0 Å². The van der Waals surface area contributed by atoms with Crippen LogP contribution in [0.2, 0.25) is 0 Å². The highest BCUT2D eigenvalue weighted by atomic mass is 79.9. The third-order valence-electron chi connectivity index (χ3n) is 2.56. The van der Waals surface area contributed by atoms with Crippen molar-refractivity contribution in [2.75, 3.05) is 6.61 Å². The molecule has 6 heteroatoms. The summed E-state index contributed by atoms with van der Waals surface area (Å²) in [4.78, 5) is 14.9. The van der Waals surface area contributed by atoms with Crippen LogP contribution in [0, 0.1) is 0 Å². The average molecular weight is 401 g/mol. The van der Waals surface area contributed by atoms with Crippen molar-refractivity contribution < 1.29 is 14.6 Å². The maximum atomic E-state index is 10.6. The molecule has 1 aromatic carbocycles. The molecule has 0 radical (unpaired) electrons. The number of halogens is 2. The summed E-state index contributed by atoms with van der Waals surface area (Å²) in [6.07, 6.45) is 2.82. The number of carbonyl (C=O) groups is 1. The smallest absolute Gasteiger partial charge is 0.328 e. The molecular weight excluding hydrogens is 390 g/mol. The summed E-state index contributed by atoms with van der Waals surface area (Å²) in [6, 6.07) is 5.67. The largest absolute Gasteiger partial charge is 0.486 e. The molecule has 0 unspecified atom stereocenters. The molecule has 0 fully saturated rings. The predicted molar refractivity (Wildman–Crippen MR) is 84.0 cm³/mol. The van der Waals surface area contributed by atoms with Crippen LogP contribution in [0.4, 0.5) is 0 Å². The number of hydrogen-bond acceptors (Lipinski definition) is 3. The number of ether oxygens (including phenoxy) is 1. The molecule has 1 aromatic heterocycles. The Kier molecular flexibility index (Phi) is 4.77. The molecule has 0 aliphatic heterocycles. The van der Waals surface area contributed by atoms with Crippen molar-refractivity contribution in [1.82, 2.24) is 4.98 Å². The highest BCUT2D eigenvalue weighted by Gasteiger charge is 2.12. The highest BCUT2D eigenvalue weighted by Crippen LogP contribution is 2.37. The van der Waals surface area contributed by atoms with E-state index in [1.807, 2.05) is 18.2 Å². The van der Waals surface area contributed by atoms with Crippen molar-refractivity contribution in [1.29, 1.82) is 0 Å². The number of carboxylic acids is 1. The van der Waals surface area contributed by atoms with Gasteiger partial charge in [-0.05, 0) is 40.6 Å². The van der Waals surface area contributed by atoms with Gasteiger partial charge in [0.05, 0.1) is 4.47 Å². The lowest BCUT2D eigenvalue weighted by molar-refractivity contribution is -0.131. The Morgan fingerprint density at radius 1 is 1.45 bits per heavy atom. The number of carboxylic acid groups (broad SMARTS) is 1. The fourth-order valence-corrected chi connectivity index (χ4v) is 3.11. The Morgan fingerprint density at radius 3 is 2.90 bits per heavy atom. The topological polar surface area (TPSA) is 59.4 Å². The van der Waals surface area contributed by atoms with E-state index in [0.29, 0.717) is 11.3 Å². The quantitative estimate of drug-likeness (QED) is 0.782. The van der Waals surface area contributed by atoms with Gasteiger partial charge in [0.15, 0.2) is 5.75 Å². The van der Waals surface area contributed by atoms with Gasteiger partial charge in [0.2, 0.25) is 0 Å². The molecule has 4 nitrogen and oxygen atoms in total. The third kappa shape index (κ3) is 3.37. The lowest BCUT2D eigenvalue weighted by atomic mass is 10.2. The van der Waals surface area contributed by atoms with Crippen LogP contribution in [0.25, 0.3) is 10.9 Å². The van der Waals surface area contributed by atoms with E-state index in [9.17, 15) is 4.79 Å². The first-order chi connectivity index (χ1) is 9.49. The van der Waals surface area contributed by atoms with Crippen molar-refractivity contribution in [3.63, 3.8) is 0 Å². The SMILES string of the molecule is CC(=CC(=O)O)COc1c(Br)cc(Br)c2cccnc12. The van der Waals surface area contributed by atoms with E-state index in [0.717, 1.165) is 25.9 Å². The second kappa shape index (κ2) is 6.37. The van der Waals surface area contributed by atoms with Gasteiger partial charge >= 0.3 is 5.97 Å². The van der Waals surface area contributed by atoms with Gasteiger partial charge in [-0.25, -0.2) is 4.79 Å². The number of benzene rings is 1. The molecule has 0 atom stereocenters. The average Bonchev–Trinajstić information content (AvgIpc) is 2.37. The Hall–Kier alpha value is -1.40. The highest BCUT2D eigenvalue weighted by molar-refractivity contribution is 9.11. The van der Waals surface area contributed by atoms with Crippen molar-refractivity contribution in [3.05, 3.63) is 45.0 Å². The van der Waals surface area contributed by atoms with Gasteiger partial charge in [0.25, 0.3) is 0 Å². The van der Waals surface area contributed by atoms with E-state index < -0.39 is 5.97 Å². The number of aromatic nitrogens is 1. The van der Waals surface area contributed by atoms with E-state index in [1.165, 1.54) is 0 Å². The molecule has 20 heavy (non-hydrogen) atoms. The third-order valence-corrected chi connectivity index (χ3v) is 3.81. The van der Waals surface area contributed by atoms with Crippen LogP contribution in [0.3, 0.4) is 0 Å². The normalized spacial score (nSPS) is 11.7. The summed E-state index contributed by atoms with van der Waals surface area (Å²) >= 11 is 6.92. The number of hydrogen-bond donors (Lipinski definition) is 1. The summed E-state index contributed by atoms with van der Waals surface area (Å²) in [5, 5.41) is 9.62. The minimum Gasteiger partial charge on any atom is -0.486 e. The predicted octanol–water partition coefficient (Wildman–Crippen LogP) is 4.17. The molecule has 0 bridgehead atoms. The molecule has 0 amide bonds. The minimum atomic E-state index is -0.982. The summed E-state index contributed by atoms with van der Waals surface area (Å²) in [7, 11) is 0. The fourth-order valence-electron chi connectivity index (χ4n) is 1.72. The van der Waals surface area contributed by atoms with Gasteiger partial charge in [-0.3, -0.25) is 4.98 Å². The number of rotatable bonds is 4. The lowest BCUT2D eigenvalue weighted by Gasteiger charge is -2.12. The molecule has 0 spiro atoms. The zero-order chi connectivity index (χ0) is 14.7. The van der Waals surface area contributed by atoms with Crippen LogP contribution >= 0.6 is 31.9 Å². The summed E-state index contributed by atoms with van der Waals surface area (Å²) in [5.74, 6) is -0.383. The summed E-state index contributed by atoms with van der Waals surface area (Å²) in [6.45, 7) is 1.90. The molecule has 2 aromatic rings. The number of pyridine rings is 1. The first kappa shape index (κ1) is 15.0. The van der Waals surface area contributed by atoms with E-state index >= 15 is 0 Å². The molecular formula is C14H11Br2NO3. The molecule has 104 valence electrons. The standard InChI is InChI=1S/C14H11Br2NO3/c1-8(5-12(18)19)7-20-14-11(16)6-10(15)9-3-2-4-17-13(9)14/h2-6H,7H2,1H3,(H,18,19). The van der Waals surface area contributed by atoms with E-state index in [1.54, 1.807) is 13.1 Å². The van der Waals surface area contributed by atoms with E-state index in [2.05, 4.69) is 36.8 Å². The van der Waals surface area contributed by atoms with Crippen molar-refractivity contribution in [3.8, 4) is 5.75 Å². The Morgan fingerprint density at radius 2 is 2.20 bits per heavy atom. The molecule has 0 aliphatic carbocycles. The van der Waals surface area contributed by atoms with Crippen LogP contribution in [-0.4, -0.2) is 22.7 Å². The van der Waals surface area contributed by atoms with Gasteiger partial charge < -0.3 is 9.84 Å². The van der Waals surface area contributed by atoms with Crippen LogP contribution in [0.15, 0.2) is 45.0 Å². The van der Waals surface area contributed by atoms with Crippen LogP contribution in [0.1, 0.15) is 6.92 Å². The van der Waals surface area contributed by atoms with Gasteiger partial charge in [0, 0.05) is 22.1 Å². The van der Waals surface area contributed by atoms with Gasteiger partial charge in [0.1, 0.15) is 12.1 Å². The monoisotopic (exact) mass is 399 g/mol. The number of nitrogens with zero attached hydrogens (tertiary/aromatic N) is 1. The van der Waals surface area contributed by atoms with Crippen molar-refractivity contribution >= 4 is 48.7 Å². The van der Waals surface area contributed by atoms with Gasteiger partial charge in [-0.15, -0.1) is 0 Å². The first-order valence-electron chi connectivity index (χ1n) is 5.74. The van der Waals surface area contributed by atoms with Crippen molar-refractivity contribution in [2.24, 2.45) is 0 Å². The Balaban J connectivity index is 2.37. The number of fused-ring (bicyclic) bond motifs is 1. The van der Waals surface area contributed by atoms with Crippen LogP contribution in [-0.2, 0) is 4.79 Å². The Bertz CT molecular complexity index is 698. The minimum absolute atomic E-state index is 0.193. The fraction of sp³-hybridized carbons (Fsp3) is 0.143. The van der Waals surface area contributed by atoms with Crippen LogP contribution < -0.4 is 4.74 Å². The molecule has 0 saturated carbocycles. The Labute approximate surface area is 132 Å². The lowest BCUT2D eigenvalue weighted by Crippen LogP contribution is -2.03. The van der Waals surface area contributed by atoms with Gasteiger partial charge in [-0.2, -0.15) is 0 Å². The summed E-state index contributed by atoms with van der Waals surface area (Å²) < 4.78 is 7.38. The second-order valence-corrected chi connectivity index (χ2v) is 5.90. The maximum absolute atomic E-state index is 10.6. The zero-order valence-electron chi connectivity index (χ0n) is 10.6. The van der Waals surface area contributed by atoms with E-state index in [4.69, 9.17) is 9.84 Å². The first-order valence-corrected chi connectivity index (χ1v) is 7.33. The maximum Gasteiger partial charge on any atom is 0.328 e. The van der Waals surface area contributed by atoms with Crippen LogP contribution in [0.5, 0.6) is 5.75 Å².